The first-order valence-electron chi connectivity index (χ1n) is 10.2. The van der Waals surface area contributed by atoms with Crippen LogP contribution in [0.4, 0.5) is 8.78 Å². The van der Waals surface area contributed by atoms with Gasteiger partial charge in [-0.25, -0.2) is 8.78 Å². The molecule has 30 heavy (non-hydrogen) atoms. The van der Waals surface area contributed by atoms with Gasteiger partial charge < -0.3 is 9.72 Å². The Labute approximate surface area is 178 Å². The number of nitrogens with zero attached hydrogens (tertiary/aromatic N) is 1. The van der Waals surface area contributed by atoms with Crippen LogP contribution in [-0.2, 0) is 6.42 Å². The molecule has 160 valence electrons. The molecule has 4 rings (SSSR count). The van der Waals surface area contributed by atoms with Crippen molar-refractivity contribution in [2.24, 2.45) is 0 Å². The molecule has 1 aromatic heterocycles. The molecule has 0 saturated carbocycles. The second-order valence-electron chi connectivity index (χ2n) is 6.85. The van der Waals surface area contributed by atoms with Gasteiger partial charge in [0.05, 0.1) is 13.2 Å². The van der Waals surface area contributed by atoms with Gasteiger partial charge in [-0.05, 0) is 37.6 Å². The van der Waals surface area contributed by atoms with Crippen molar-refractivity contribution in [3.8, 4) is 18.6 Å². The molecule has 2 heterocycles. The number of terminal acetylenes is 1. The number of hydrogen-bond donors (Lipinski definition) is 1. The van der Waals surface area contributed by atoms with E-state index in [-0.39, 0.29) is 11.3 Å². The molecule has 3 aromatic rings. The monoisotopic (exact) mass is 412 g/mol. The van der Waals surface area contributed by atoms with Crippen LogP contribution in [0.15, 0.2) is 30.3 Å². The maximum absolute atomic E-state index is 14.8. The van der Waals surface area contributed by atoms with E-state index in [1.807, 2.05) is 32.9 Å². The molecule has 2 aromatic carbocycles. The minimum Gasteiger partial charge on any atom is -0.497 e. The number of benzene rings is 2. The van der Waals surface area contributed by atoms with Gasteiger partial charge >= 0.3 is 0 Å². The Morgan fingerprint density at radius 3 is 2.33 bits per heavy atom. The first-order valence-corrected chi connectivity index (χ1v) is 10.2. The fraction of sp³-hybridized carbons (Fsp3) is 0.360. The van der Waals surface area contributed by atoms with Crippen LogP contribution in [0.3, 0.4) is 0 Å². The second-order valence-corrected chi connectivity index (χ2v) is 6.85. The third-order valence-corrected chi connectivity index (χ3v) is 5.35. The molecule has 0 saturated heterocycles. The van der Waals surface area contributed by atoms with Crippen LogP contribution in [-0.4, -0.2) is 30.1 Å². The lowest BCUT2D eigenvalue weighted by atomic mass is 9.91. The van der Waals surface area contributed by atoms with Gasteiger partial charge in [-0.3, -0.25) is 4.90 Å². The molecule has 1 aliphatic heterocycles. The van der Waals surface area contributed by atoms with E-state index >= 15 is 0 Å². The summed E-state index contributed by atoms with van der Waals surface area (Å²) in [5, 5.41) is 1.15. The zero-order chi connectivity index (χ0) is 22.4. The lowest BCUT2D eigenvalue weighted by Crippen LogP contribution is -2.36. The maximum atomic E-state index is 14.8. The van der Waals surface area contributed by atoms with Crippen LogP contribution >= 0.6 is 0 Å². The van der Waals surface area contributed by atoms with Crippen LogP contribution in [0.5, 0.6) is 5.75 Å². The summed E-state index contributed by atoms with van der Waals surface area (Å²) in [5.74, 6) is -0.962. The molecule has 1 aliphatic rings. The van der Waals surface area contributed by atoms with Gasteiger partial charge in [0.25, 0.3) is 0 Å². The third kappa shape index (κ3) is 4.20. The van der Waals surface area contributed by atoms with Gasteiger partial charge in [0, 0.05) is 40.8 Å². The number of aromatic amines is 1. The van der Waals surface area contributed by atoms with Gasteiger partial charge in [-0.2, -0.15) is 0 Å². The number of ether oxygens (including phenoxy) is 1. The molecule has 0 aliphatic carbocycles. The lowest BCUT2D eigenvalue weighted by molar-refractivity contribution is 0.213. The predicted octanol–water partition coefficient (Wildman–Crippen LogP) is 6.01. The SMILES string of the molecule is C#C.CC.CCN1CCc2c([nH]c3ccc(C)cc23)[C@@H]1c1c(F)cc(OC)cc1F. The van der Waals surface area contributed by atoms with Gasteiger partial charge in [0.1, 0.15) is 17.4 Å². The molecule has 0 unspecified atom stereocenters. The largest absolute Gasteiger partial charge is 0.497 e. The standard InChI is InChI=1S/C21H22F2N2O.C2H6.C2H2/c1-4-25-8-7-14-15-9-12(2)5-6-18(15)24-20(14)21(25)19-16(22)10-13(26-3)11-17(19)23;2*1-2/h5-6,9-11,21,24H,4,7-8H2,1-3H3;1-2H3;1-2H/t21-;;/m0../s1. The summed E-state index contributed by atoms with van der Waals surface area (Å²) >= 11 is 0. The Hall–Kier alpha value is -2.84. The highest BCUT2D eigenvalue weighted by atomic mass is 19.1. The van der Waals surface area contributed by atoms with E-state index < -0.39 is 17.7 Å². The molecule has 1 atom stereocenters. The van der Waals surface area contributed by atoms with Crippen LogP contribution in [0.1, 0.15) is 49.2 Å². The number of nitrogens with one attached hydrogen (secondary N) is 1. The maximum Gasteiger partial charge on any atom is 0.135 e. The number of aryl methyl sites for hydroxylation is 1. The Balaban J connectivity index is 0.000000757. The summed E-state index contributed by atoms with van der Waals surface area (Å²) in [5.41, 5.74) is 4.32. The van der Waals surface area contributed by atoms with Crippen molar-refractivity contribution in [3.05, 3.63) is 64.4 Å². The topological polar surface area (TPSA) is 28.3 Å². The molecular weight excluding hydrogens is 382 g/mol. The average Bonchev–Trinajstić information content (AvgIpc) is 3.14. The minimum atomic E-state index is -0.576. The Kier molecular flexibility index (Phi) is 8.02. The van der Waals surface area contributed by atoms with Gasteiger partial charge in [-0.15, -0.1) is 12.8 Å². The number of rotatable bonds is 3. The van der Waals surface area contributed by atoms with Gasteiger partial charge in [0.15, 0.2) is 0 Å². The summed E-state index contributed by atoms with van der Waals surface area (Å²) < 4.78 is 34.7. The number of aromatic nitrogens is 1. The summed E-state index contributed by atoms with van der Waals surface area (Å²) in [6.45, 7) is 9.55. The van der Waals surface area contributed by atoms with Crippen molar-refractivity contribution in [2.75, 3.05) is 20.2 Å². The average molecular weight is 413 g/mol. The summed E-state index contributed by atoms with van der Waals surface area (Å²) in [7, 11) is 1.41. The molecule has 0 amide bonds. The summed E-state index contributed by atoms with van der Waals surface area (Å²) in [6.07, 6.45) is 8.86. The van der Waals surface area contributed by atoms with E-state index in [0.29, 0.717) is 6.54 Å². The van der Waals surface area contributed by atoms with Crippen molar-refractivity contribution >= 4 is 10.9 Å². The zero-order valence-electron chi connectivity index (χ0n) is 18.4. The van der Waals surface area contributed by atoms with Crippen LogP contribution in [0.25, 0.3) is 10.9 Å². The Morgan fingerprint density at radius 1 is 1.13 bits per heavy atom. The zero-order valence-corrected chi connectivity index (χ0v) is 18.4. The van der Waals surface area contributed by atoms with Crippen molar-refractivity contribution in [1.29, 1.82) is 0 Å². The molecule has 0 spiro atoms. The van der Waals surface area contributed by atoms with E-state index in [9.17, 15) is 8.78 Å². The summed E-state index contributed by atoms with van der Waals surface area (Å²) in [4.78, 5) is 5.54. The summed E-state index contributed by atoms with van der Waals surface area (Å²) in [6, 6.07) is 8.27. The Morgan fingerprint density at radius 2 is 1.77 bits per heavy atom. The molecule has 1 N–H and O–H groups in total. The fourth-order valence-electron chi connectivity index (χ4n) is 4.06. The molecule has 5 heteroatoms. The number of halogens is 2. The smallest absolute Gasteiger partial charge is 0.135 e. The highest BCUT2D eigenvalue weighted by Gasteiger charge is 2.34. The van der Waals surface area contributed by atoms with Gasteiger partial charge in [-0.1, -0.05) is 32.4 Å². The van der Waals surface area contributed by atoms with Crippen molar-refractivity contribution in [3.63, 3.8) is 0 Å². The van der Waals surface area contributed by atoms with Crippen molar-refractivity contribution < 1.29 is 13.5 Å². The van der Waals surface area contributed by atoms with E-state index in [4.69, 9.17) is 4.74 Å². The van der Waals surface area contributed by atoms with E-state index in [0.717, 1.165) is 35.1 Å². The number of likely N-dealkylation sites (N-methyl/N-ethyl adjacent to an activating group) is 1. The minimum absolute atomic E-state index is 0.0804. The fourth-order valence-corrected chi connectivity index (χ4v) is 4.06. The first kappa shape index (κ1) is 23.4. The number of fused-ring (bicyclic) bond motifs is 3. The first-order chi connectivity index (χ1) is 14.5. The highest BCUT2D eigenvalue weighted by molar-refractivity contribution is 5.86. The Bertz CT molecular complexity index is 1000. The number of H-pyrrole nitrogens is 1. The lowest BCUT2D eigenvalue weighted by Gasteiger charge is -2.35. The van der Waals surface area contributed by atoms with Crippen molar-refractivity contribution in [2.45, 2.75) is 40.2 Å². The molecule has 0 fully saturated rings. The number of hydrogen-bond acceptors (Lipinski definition) is 2. The molecule has 0 bridgehead atoms. The van der Waals surface area contributed by atoms with Crippen LogP contribution in [0.2, 0.25) is 0 Å². The third-order valence-electron chi connectivity index (χ3n) is 5.35. The predicted molar refractivity (Wildman–Crippen MR) is 120 cm³/mol. The number of methoxy groups -OCH3 is 1. The molecule has 3 nitrogen and oxygen atoms in total. The van der Waals surface area contributed by atoms with E-state index in [1.54, 1.807) is 0 Å². The molecular formula is C25H30F2N2O. The van der Waals surface area contributed by atoms with E-state index in [1.165, 1.54) is 24.8 Å². The van der Waals surface area contributed by atoms with Crippen molar-refractivity contribution in [1.82, 2.24) is 9.88 Å². The quantitative estimate of drug-likeness (QED) is 0.534. The van der Waals surface area contributed by atoms with E-state index in [2.05, 4.69) is 35.7 Å². The van der Waals surface area contributed by atoms with Gasteiger partial charge in [0.2, 0.25) is 0 Å². The highest BCUT2D eigenvalue weighted by Crippen LogP contribution is 2.40. The molecule has 0 radical (unpaired) electrons. The van der Waals surface area contributed by atoms with Crippen LogP contribution < -0.4 is 4.74 Å². The van der Waals surface area contributed by atoms with Crippen LogP contribution in [0, 0.1) is 31.4 Å². The normalized spacial score (nSPS) is 15.4. The second kappa shape index (κ2) is 10.3.